The second kappa shape index (κ2) is 7.54. The second-order valence-corrected chi connectivity index (χ2v) is 6.07. The minimum Gasteiger partial charge on any atom is -0.733 e. The standard InChI is InChI=1S/C15H14N3O4S/c19-18(20)14-8-10-15(11-9-14)23(21,22)17-16-12-4-7-13-5-2-1-3-6-13/h1-12,17,19H/q-1/b7-4+,16-12+. The van der Waals surface area contributed by atoms with Crippen molar-refractivity contribution in [3.8, 4) is 0 Å². The van der Waals surface area contributed by atoms with Crippen LogP contribution < -0.4 is 10.1 Å². The van der Waals surface area contributed by atoms with Gasteiger partial charge < -0.3 is 10.4 Å². The Hall–Kier alpha value is -2.68. The van der Waals surface area contributed by atoms with Crippen LogP contribution in [0.4, 0.5) is 5.69 Å². The Balaban J connectivity index is 1.98. The normalized spacial score (nSPS) is 11.9. The van der Waals surface area contributed by atoms with Gasteiger partial charge in [-0.05, 0) is 35.9 Å². The zero-order chi connectivity index (χ0) is 16.7. The molecular formula is C15H14N3O4S-. The lowest BCUT2D eigenvalue weighted by atomic mass is 10.2. The maximum atomic E-state index is 11.9. The van der Waals surface area contributed by atoms with Crippen molar-refractivity contribution in [3.05, 3.63) is 71.4 Å². The molecule has 0 spiro atoms. The van der Waals surface area contributed by atoms with E-state index in [-0.39, 0.29) is 15.8 Å². The molecule has 23 heavy (non-hydrogen) atoms. The molecule has 0 aliphatic carbocycles. The van der Waals surface area contributed by atoms with E-state index in [1.54, 1.807) is 12.2 Å². The lowest BCUT2D eigenvalue weighted by Gasteiger charge is -2.21. The molecule has 8 heteroatoms. The molecule has 2 aromatic rings. The number of anilines is 1. The summed E-state index contributed by atoms with van der Waals surface area (Å²) in [5, 5.41) is 22.6. The summed E-state index contributed by atoms with van der Waals surface area (Å²) >= 11 is 0. The van der Waals surface area contributed by atoms with Gasteiger partial charge in [-0.25, -0.2) is 4.83 Å². The van der Waals surface area contributed by atoms with E-state index >= 15 is 0 Å². The molecule has 0 aromatic heterocycles. The zero-order valence-corrected chi connectivity index (χ0v) is 12.7. The Morgan fingerprint density at radius 1 is 1.09 bits per heavy atom. The molecule has 0 aliphatic heterocycles. The molecule has 120 valence electrons. The van der Waals surface area contributed by atoms with Gasteiger partial charge in [0.25, 0.3) is 10.0 Å². The lowest BCUT2D eigenvalue weighted by Crippen LogP contribution is -2.18. The quantitative estimate of drug-likeness (QED) is 0.624. The van der Waals surface area contributed by atoms with Gasteiger partial charge in [0.2, 0.25) is 0 Å². The third kappa shape index (κ3) is 4.92. The van der Waals surface area contributed by atoms with Crippen LogP contribution in [0.1, 0.15) is 5.56 Å². The molecule has 0 bridgehead atoms. The summed E-state index contributed by atoms with van der Waals surface area (Å²) in [5.41, 5.74) is 0.891. The van der Waals surface area contributed by atoms with Crippen molar-refractivity contribution in [3.63, 3.8) is 0 Å². The molecule has 2 N–H and O–H groups in total. The van der Waals surface area contributed by atoms with Crippen LogP contribution in [0.5, 0.6) is 0 Å². The fourth-order valence-electron chi connectivity index (χ4n) is 1.67. The summed E-state index contributed by atoms with van der Waals surface area (Å²) in [5.74, 6) is 0. The van der Waals surface area contributed by atoms with E-state index in [1.807, 2.05) is 35.2 Å². The molecule has 0 atom stereocenters. The molecule has 0 radical (unpaired) electrons. The third-order valence-electron chi connectivity index (χ3n) is 2.79. The topological polar surface area (TPSA) is 105 Å². The Kier molecular flexibility index (Phi) is 5.47. The van der Waals surface area contributed by atoms with Crippen LogP contribution in [0.15, 0.2) is 70.7 Å². The first kappa shape index (κ1) is 16.7. The van der Waals surface area contributed by atoms with Crippen LogP contribution in [-0.2, 0) is 10.0 Å². The minimum absolute atomic E-state index is 0.0711. The molecule has 2 aromatic carbocycles. The van der Waals surface area contributed by atoms with E-state index in [0.717, 1.165) is 5.56 Å². The number of benzene rings is 2. The van der Waals surface area contributed by atoms with Gasteiger partial charge >= 0.3 is 0 Å². The number of sulfonamides is 1. The smallest absolute Gasteiger partial charge is 0.276 e. The summed E-state index contributed by atoms with van der Waals surface area (Å²) in [6, 6.07) is 14.2. The Bertz CT molecular complexity index is 785. The van der Waals surface area contributed by atoms with Gasteiger partial charge in [-0.1, -0.05) is 36.4 Å². The molecule has 0 saturated heterocycles. The summed E-state index contributed by atoms with van der Waals surface area (Å²) in [4.78, 5) is 1.97. The molecule has 0 fully saturated rings. The largest absolute Gasteiger partial charge is 0.733 e. The summed E-state index contributed by atoms with van der Waals surface area (Å²) in [6.07, 6.45) is 4.69. The van der Waals surface area contributed by atoms with Crippen LogP contribution in [0.25, 0.3) is 6.08 Å². The predicted molar refractivity (Wildman–Crippen MR) is 88.4 cm³/mol. The van der Waals surface area contributed by atoms with Crippen LogP contribution in [-0.4, -0.2) is 19.8 Å². The van der Waals surface area contributed by atoms with Crippen LogP contribution in [0.2, 0.25) is 0 Å². The molecule has 7 nitrogen and oxygen atoms in total. The average Bonchev–Trinajstić information content (AvgIpc) is 2.55. The fraction of sp³-hybridized carbons (Fsp3) is 0. The molecule has 0 unspecified atom stereocenters. The highest BCUT2D eigenvalue weighted by Crippen LogP contribution is 2.15. The van der Waals surface area contributed by atoms with E-state index in [0.29, 0.717) is 0 Å². The molecular weight excluding hydrogens is 318 g/mol. The first-order valence-electron chi connectivity index (χ1n) is 6.52. The Morgan fingerprint density at radius 3 is 2.35 bits per heavy atom. The molecule has 2 rings (SSSR count). The van der Waals surface area contributed by atoms with Gasteiger partial charge in [0.1, 0.15) is 0 Å². The average molecular weight is 332 g/mol. The number of rotatable bonds is 6. The van der Waals surface area contributed by atoms with Crippen molar-refractivity contribution in [2.75, 3.05) is 5.23 Å². The minimum atomic E-state index is -3.83. The zero-order valence-electron chi connectivity index (χ0n) is 11.9. The van der Waals surface area contributed by atoms with Crippen LogP contribution in [0, 0.1) is 5.21 Å². The van der Waals surface area contributed by atoms with Crippen molar-refractivity contribution in [1.29, 1.82) is 0 Å². The number of hydrazone groups is 1. The highest BCUT2D eigenvalue weighted by molar-refractivity contribution is 7.89. The SMILES string of the molecule is O=S(=O)(N/N=C/C=C/c1ccccc1)c1ccc(N([O-])O)cc1. The van der Waals surface area contributed by atoms with E-state index in [4.69, 9.17) is 5.21 Å². The number of hydrogen-bond donors (Lipinski definition) is 2. The Morgan fingerprint density at radius 2 is 1.74 bits per heavy atom. The van der Waals surface area contributed by atoms with Crippen molar-refractivity contribution in [2.24, 2.45) is 5.10 Å². The number of hydrogen-bond acceptors (Lipinski definition) is 6. The first-order chi connectivity index (χ1) is 11.0. The highest BCUT2D eigenvalue weighted by Gasteiger charge is 2.12. The van der Waals surface area contributed by atoms with Crippen molar-refractivity contribution in [1.82, 2.24) is 4.83 Å². The second-order valence-electron chi connectivity index (χ2n) is 4.41. The highest BCUT2D eigenvalue weighted by atomic mass is 32.2. The van der Waals surface area contributed by atoms with Crippen molar-refractivity contribution >= 4 is 28.0 Å². The number of allylic oxidation sites excluding steroid dienone is 1. The number of nitrogens with one attached hydrogen (secondary N) is 1. The maximum absolute atomic E-state index is 11.9. The van der Waals surface area contributed by atoms with Gasteiger partial charge in [0.15, 0.2) is 0 Å². The fourth-order valence-corrected chi connectivity index (χ4v) is 2.47. The van der Waals surface area contributed by atoms with Crippen molar-refractivity contribution < 1.29 is 13.6 Å². The monoisotopic (exact) mass is 332 g/mol. The summed E-state index contributed by atoms with van der Waals surface area (Å²) in [6.45, 7) is 0. The summed E-state index contributed by atoms with van der Waals surface area (Å²) in [7, 11) is -3.83. The van der Waals surface area contributed by atoms with Gasteiger partial charge in [-0.3, -0.25) is 5.21 Å². The molecule has 0 saturated carbocycles. The van der Waals surface area contributed by atoms with Crippen LogP contribution >= 0.6 is 0 Å². The number of nitrogens with zero attached hydrogens (tertiary/aromatic N) is 2. The first-order valence-corrected chi connectivity index (χ1v) is 8.00. The van der Waals surface area contributed by atoms with E-state index in [1.165, 1.54) is 30.5 Å². The molecule has 0 amide bonds. The van der Waals surface area contributed by atoms with E-state index in [9.17, 15) is 13.6 Å². The molecule has 0 heterocycles. The lowest BCUT2D eigenvalue weighted by molar-refractivity contribution is 0.296. The van der Waals surface area contributed by atoms with E-state index < -0.39 is 10.0 Å². The van der Waals surface area contributed by atoms with Gasteiger partial charge in [0, 0.05) is 6.21 Å². The Labute approximate surface area is 133 Å². The van der Waals surface area contributed by atoms with E-state index in [2.05, 4.69) is 5.10 Å². The van der Waals surface area contributed by atoms with Gasteiger partial charge in [-0.15, -0.1) is 0 Å². The van der Waals surface area contributed by atoms with Gasteiger partial charge in [0.05, 0.1) is 10.6 Å². The molecule has 0 aliphatic rings. The predicted octanol–water partition coefficient (Wildman–Crippen LogP) is 2.36. The third-order valence-corrected chi connectivity index (χ3v) is 4.03. The van der Waals surface area contributed by atoms with Gasteiger partial charge in [-0.2, -0.15) is 13.5 Å². The van der Waals surface area contributed by atoms with Crippen LogP contribution in [0.3, 0.4) is 0 Å². The van der Waals surface area contributed by atoms with Crippen molar-refractivity contribution in [2.45, 2.75) is 4.90 Å². The maximum Gasteiger partial charge on any atom is 0.276 e. The summed E-state index contributed by atoms with van der Waals surface area (Å²) < 4.78 is 23.9.